The molecule has 0 radical (unpaired) electrons. The van der Waals surface area contributed by atoms with Crippen molar-refractivity contribution >= 4 is 17.6 Å². The average Bonchev–Trinajstić information content (AvgIpc) is 2.83. The van der Waals surface area contributed by atoms with Gasteiger partial charge in [-0.3, -0.25) is 9.59 Å². The molecule has 0 atom stereocenters. The minimum Gasteiger partial charge on any atom is -0.505 e. The lowest BCUT2D eigenvalue weighted by Gasteiger charge is -2.22. The molecule has 1 aliphatic carbocycles. The molecule has 0 heterocycles. The van der Waals surface area contributed by atoms with E-state index in [1.807, 2.05) is 0 Å². The lowest BCUT2D eigenvalue weighted by atomic mass is 9.82. The van der Waals surface area contributed by atoms with Crippen LogP contribution in [0.15, 0.2) is 18.2 Å². The summed E-state index contributed by atoms with van der Waals surface area (Å²) in [6, 6.07) is 3.49. The highest BCUT2D eigenvalue weighted by Gasteiger charge is 2.42. The van der Waals surface area contributed by atoms with Gasteiger partial charge in [-0.2, -0.15) is 0 Å². The summed E-state index contributed by atoms with van der Waals surface area (Å²) in [6.45, 7) is 0. The van der Waals surface area contributed by atoms with Gasteiger partial charge in [0.15, 0.2) is 11.6 Å². The molecule has 2 rings (SSSR count). The zero-order chi connectivity index (χ0) is 14.8. The quantitative estimate of drug-likeness (QED) is 0.740. The maximum atomic E-state index is 13.1. The Morgan fingerprint density at radius 1 is 1.30 bits per heavy atom. The molecule has 1 aromatic rings. The van der Waals surface area contributed by atoms with E-state index in [-0.39, 0.29) is 12.1 Å². The number of aromatic hydroxyl groups is 1. The van der Waals surface area contributed by atoms with Gasteiger partial charge in [0.25, 0.3) is 0 Å². The Kier molecular flexibility index (Phi) is 3.92. The largest absolute Gasteiger partial charge is 0.505 e. The van der Waals surface area contributed by atoms with E-state index in [2.05, 4.69) is 5.32 Å². The Balaban J connectivity index is 2.04. The number of carbonyl (C=O) groups excluding carboxylic acids is 1. The maximum absolute atomic E-state index is 13.1. The summed E-state index contributed by atoms with van der Waals surface area (Å²) in [6.07, 6.45) is 2.45. The average molecular weight is 281 g/mol. The van der Waals surface area contributed by atoms with Crippen LogP contribution in [0.3, 0.4) is 0 Å². The highest BCUT2D eigenvalue weighted by Crippen LogP contribution is 2.41. The van der Waals surface area contributed by atoms with E-state index in [1.54, 1.807) is 0 Å². The Morgan fingerprint density at radius 3 is 2.50 bits per heavy atom. The van der Waals surface area contributed by atoms with Crippen LogP contribution in [-0.2, 0) is 9.59 Å². The van der Waals surface area contributed by atoms with Gasteiger partial charge >= 0.3 is 5.97 Å². The standard InChI is InChI=1S/C14H16FNO4/c15-10-7-9(3-4-11(10)17)16-12(18)8-14(13(19)20)5-1-2-6-14/h3-4,7,17H,1-2,5-6,8H2,(H,16,18)(H,19,20). The molecule has 20 heavy (non-hydrogen) atoms. The second-order valence-corrected chi connectivity index (χ2v) is 5.18. The number of hydrogen-bond donors (Lipinski definition) is 3. The number of nitrogens with one attached hydrogen (secondary N) is 1. The molecule has 1 aromatic carbocycles. The van der Waals surface area contributed by atoms with Crippen LogP contribution < -0.4 is 5.32 Å². The SMILES string of the molecule is O=C(CC1(C(=O)O)CCCC1)Nc1ccc(O)c(F)c1. The minimum atomic E-state index is -1.00. The molecule has 0 aromatic heterocycles. The van der Waals surface area contributed by atoms with Crippen LogP contribution in [0.5, 0.6) is 5.75 Å². The number of rotatable bonds is 4. The Morgan fingerprint density at radius 2 is 1.95 bits per heavy atom. The van der Waals surface area contributed by atoms with Crippen molar-refractivity contribution in [3.05, 3.63) is 24.0 Å². The Bertz CT molecular complexity index is 538. The second kappa shape index (κ2) is 5.48. The van der Waals surface area contributed by atoms with Crippen LogP contribution in [-0.4, -0.2) is 22.1 Å². The molecular weight excluding hydrogens is 265 g/mol. The smallest absolute Gasteiger partial charge is 0.310 e. The number of anilines is 1. The minimum absolute atomic E-state index is 0.120. The van der Waals surface area contributed by atoms with Gasteiger partial charge in [0.1, 0.15) is 0 Å². The first-order valence-corrected chi connectivity index (χ1v) is 6.45. The summed E-state index contributed by atoms with van der Waals surface area (Å²) in [7, 11) is 0. The van der Waals surface area contributed by atoms with Crippen LogP contribution in [0, 0.1) is 11.2 Å². The van der Waals surface area contributed by atoms with Crippen molar-refractivity contribution in [1.82, 2.24) is 0 Å². The number of amides is 1. The monoisotopic (exact) mass is 281 g/mol. The van der Waals surface area contributed by atoms with E-state index < -0.39 is 28.9 Å². The number of aliphatic carboxylic acids is 1. The zero-order valence-corrected chi connectivity index (χ0v) is 10.9. The zero-order valence-electron chi connectivity index (χ0n) is 10.9. The number of benzene rings is 1. The summed E-state index contributed by atoms with van der Waals surface area (Å²) >= 11 is 0. The molecule has 1 amide bonds. The van der Waals surface area contributed by atoms with Gasteiger partial charge in [-0.15, -0.1) is 0 Å². The molecule has 1 fully saturated rings. The van der Waals surface area contributed by atoms with E-state index in [0.29, 0.717) is 12.8 Å². The number of halogens is 1. The predicted octanol–water partition coefficient (Wildman–Crippen LogP) is 2.50. The van der Waals surface area contributed by atoms with Gasteiger partial charge < -0.3 is 15.5 Å². The normalized spacial score (nSPS) is 16.9. The highest BCUT2D eigenvalue weighted by atomic mass is 19.1. The lowest BCUT2D eigenvalue weighted by molar-refractivity contribution is -0.150. The van der Waals surface area contributed by atoms with Gasteiger partial charge in [-0.05, 0) is 25.0 Å². The molecule has 0 aliphatic heterocycles. The van der Waals surface area contributed by atoms with Gasteiger partial charge in [0, 0.05) is 18.2 Å². The van der Waals surface area contributed by atoms with E-state index >= 15 is 0 Å². The fraction of sp³-hybridized carbons (Fsp3) is 0.429. The number of hydrogen-bond acceptors (Lipinski definition) is 3. The molecule has 0 bridgehead atoms. The van der Waals surface area contributed by atoms with Crippen LogP contribution in [0.2, 0.25) is 0 Å². The van der Waals surface area contributed by atoms with Crippen molar-refractivity contribution in [2.45, 2.75) is 32.1 Å². The second-order valence-electron chi connectivity index (χ2n) is 5.18. The third-order valence-corrected chi connectivity index (χ3v) is 3.74. The first-order valence-electron chi connectivity index (χ1n) is 6.45. The van der Waals surface area contributed by atoms with Gasteiger partial charge in [0.05, 0.1) is 5.41 Å². The number of phenolic OH excluding ortho intramolecular Hbond substituents is 1. The number of phenols is 1. The van der Waals surface area contributed by atoms with E-state index in [9.17, 15) is 19.1 Å². The number of carboxylic acid groups (broad SMARTS) is 1. The van der Waals surface area contributed by atoms with Gasteiger partial charge in [-0.25, -0.2) is 4.39 Å². The summed E-state index contributed by atoms with van der Waals surface area (Å²) < 4.78 is 13.1. The molecule has 0 spiro atoms. The van der Waals surface area contributed by atoms with Gasteiger partial charge in [0.2, 0.25) is 5.91 Å². The van der Waals surface area contributed by atoms with Crippen molar-refractivity contribution in [1.29, 1.82) is 0 Å². The van der Waals surface area contributed by atoms with Crippen LogP contribution in [0.1, 0.15) is 32.1 Å². The molecule has 0 unspecified atom stereocenters. The van der Waals surface area contributed by atoms with Crippen molar-refractivity contribution < 1.29 is 24.2 Å². The first kappa shape index (κ1) is 14.3. The molecule has 108 valence electrons. The fourth-order valence-electron chi connectivity index (χ4n) is 2.62. The van der Waals surface area contributed by atoms with E-state index in [0.717, 1.165) is 25.0 Å². The molecule has 5 nitrogen and oxygen atoms in total. The number of carboxylic acids is 1. The summed E-state index contributed by atoms with van der Waals surface area (Å²) in [4.78, 5) is 23.3. The van der Waals surface area contributed by atoms with Crippen molar-refractivity contribution in [3.8, 4) is 5.75 Å². The van der Waals surface area contributed by atoms with Crippen molar-refractivity contribution in [3.63, 3.8) is 0 Å². The molecule has 0 saturated heterocycles. The molecular formula is C14H16FNO4. The molecule has 1 aliphatic rings. The topological polar surface area (TPSA) is 86.6 Å². The molecule has 6 heteroatoms. The lowest BCUT2D eigenvalue weighted by Crippen LogP contribution is -2.32. The van der Waals surface area contributed by atoms with Crippen molar-refractivity contribution in [2.24, 2.45) is 5.41 Å². The Hall–Kier alpha value is -2.11. The summed E-state index contributed by atoms with van der Waals surface area (Å²) in [5.74, 6) is -2.75. The van der Waals surface area contributed by atoms with E-state index in [4.69, 9.17) is 5.11 Å². The van der Waals surface area contributed by atoms with Crippen LogP contribution >= 0.6 is 0 Å². The van der Waals surface area contributed by atoms with Crippen molar-refractivity contribution in [2.75, 3.05) is 5.32 Å². The molecule has 1 saturated carbocycles. The Labute approximate surface area is 115 Å². The first-order chi connectivity index (χ1) is 9.43. The van der Waals surface area contributed by atoms with Crippen LogP contribution in [0.25, 0.3) is 0 Å². The van der Waals surface area contributed by atoms with Gasteiger partial charge in [-0.1, -0.05) is 12.8 Å². The summed E-state index contributed by atoms with van der Waals surface area (Å²) in [5, 5.41) is 20.8. The third kappa shape index (κ3) is 2.89. The fourth-order valence-corrected chi connectivity index (χ4v) is 2.62. The summed E-state index contributed by atoms with van der Waals surface area (Å²) in [5.41, 5.74) is -0.802. The third-order valence-electron chi connectivity index (χ3n) is 3.74. The van der Waals surface area contributed by atoms with E-state index in [1.165, 1.54) is 6.07 Å². The molecule has 3 N–H and O–H groups in total. The predicted molar refractivity (Wildman–Crippen MR) is 69.8 cm³/mol. The maximum Gasteiger partial charge on any atom is 0.310 e. The highest BCUT2D eigenvalue weighted by molar-refractivity contribution is 5.94. The number of carbonyl (C=O) groups is 2. The van der Waals surface area contributed by atoms with Crippen LogP contribution in [0.4, 0.5) is 10.1 Å².